The number of hydrogen-bond donors (Lipinski definition) is 0. The van der Waals surface area contributed by atoms with E-state index in [1.807, 2.05) is 11.8 Å². The third-order valence-corrected chi connectivity index (χ3v) is 4.96. The Hall–Kier alpha value is -1.41. The van der Waals surface area contributed by atoms with E-state index < -0.39 is 0 Å². The monoisotopic (exact) mass is 373 g/mol. The first-order valence-electron chi connectivity index (χ1n) is 9.70. The topological polar surface area (TPSA) is 3.24 Å². The second kappa shape index (κ2) is 13.7. The van der Waals surface area contributed by atoms with E-state index in [1.54, 1.807) is 0 Å². The summed E-state index contributed by atoms with van der Waals surface area (Å²) in [4.78, 5) is 3.84. The molecule has 0 aromatic rings. The first-order chi connectivity index (χ1) is 12.3. The molecule has 0 saturated carbocycles. The van der Waals surface area contributed by atoms with Crippen molar-refractivity contribution in [1.29, 1.82) is 0 Å². The van der Waals surface area contributed by atoms with E-state index >= 15 is 0 Å². The molecule has 0 aromatic heterocycles. The van der Waals surface area contributed by atoms with Crippen molar-refractivity contribution in [3.63, 3.8) is 0 Å². The summed E-state index contributed by atoms with van der Waals surface area (Å²) in [5, 5.41) is 0.611. The molecule has 0 radical (unpaired) electrons. The minimum atomic E-state index is 0.611. The summed E-state index contributed by atoms with van der Waals surface area (Å²) < 4.78 is 0. The molecule has 146 valence electrons. The second-order valence-electron chi connectivity index (χ2n) is 6.98. The second-order valence-corrected chi connectivity index (χ2v) is 8.65. The van der Waals surface area contributed by atoms with Crippen molar-refractivity contribution >= 4 is 11.8 Å². The van der Waals surface area contributed by atoms with Crippen LogP contribution in [-0.2, 0) is 0 Å². The highest BCUT2D eigenvalue weighted by Gasteiger charge is 2.10. The van der Waals surface area contributed by atoms with Crippen LogP contribution in [0, 0.1) is 0 Å². The van der Waals surface area contributed by atoms with E-state index in [2.05, 4.69) is 103 Å². The Morgan fingerprint density at radius 3 is 2.15 bits per heavy atom. The molecule has 0 N–H and O–H groups in total. The van der Waals surface area contributed by atoms with Gasteiger partial charge in [0.2, 0.25) is 0 Å². The maximum Gasteiger partial charge on any atom is 0.0409 e. The maximum atomic E-state index is 4.09. The van der Waals surface area contributed by atoms with Gasteiger partial charge in [-0.05, 0) is 70.6 Å². The fourth-order valence-electron chi connectivity index (χ4n) is 2.55. The molecule has 0 aliphatic rings. The lowest BCUT2D eigenvalue weighted by Crippen LogP contribution is -2.21. The van der Waals surface area contributed by atoms with E-state index in [4.69, 9.17) is 0 Å². The SMILES string of the molecule is C=C(C)C=C(C=CCC(SC(C)C)=C(C)C)N(CCC)C(C=CC)=CC. The molecule has 26 heavy (non-hydrogen) atoms. The van der Waals surface area contributed by atoms with Crippen LogP contribution < -0.4 is 0 Å². The molecule has 0 heterocycles. The van der Waals surface area contributed by atoms with Crippen LogP contribution in [-0.4, -0.2) is 16.7 Å². The Labute approximate surface area is 167 Å². The average Bonchev–Trinajstić information content (AvgIpc) is 2.55. The summed E-state index contributed by atoms with van der Waals surface area (Å²) in [6.07, 6.45) is 15.2. The van der Waals surface area contributed by atoms with Crippen molar-refractivity contribution in [2.45, 2.75) is 73.5 Å². The van der Waals surface area contributed by atoms with Crippen LogP contribution in [0.15, 0.2) is 70.5 Å². The first-order valence-corrected chi connectivity index (χ1v) is 10.6. The maximum absolute atomic E-state index is 4.09. The standard InChI is InChI=1S/C24H39NS/c1-10-14-22(12-3)25(17-11-2)23(18-19(4)5)15-13-16-24(20(6)7)26-21(8)9/h10,12-15,18,21H,4,11,16-17H2,1-3,5-9H3. The van der Waals surface area contributed by atoms with Crippen LogP contribution in [0.4, 0.5) is 0 Å². The molecular formula is C24H39NS. The van der Waals surface area contributed by atoms with Gasteiger partial charge in [0.15, 0.2) is 0 Å². The van der Waals surface area contributed by atoms with Gasteiger partial charge in [-0.15, -0.1) is 11.8 Å². The van der Waals surface area contributed by atoms with Crippen molar-refractivity contribution in [2.24, 2.45) is 0 Å². The number of thioether (sulfide) groups is 1. The van der Waals surface area contributed by atoms with Gasteiger partial charge in [0, 0.05) is 23.2 Å². The van der Waals surface area contributed by atoms with Gasteiger partial charge >= 0.3 is 0 Å². The highest BCUT2D eigenvalue weighted by molar-refractivity contribution is 8.03. The van der Waals surface area contributed by atoms with Crippen molar-refractivity contribution in [3.05, 3.63) is 70.5 Å². The third-order valence-electron chi connectivity index (χ3n) is 3.63. The minimum absolute atomic E-state index is 0.611. The molecule has 0 aliphatic heterocycles. The molecule has 0 rings (SSSR count). The number of allylic oxidation sites excluding steroid dienone is 9. The normalized spacial score (nSPS) is 13.1. The van der Waals surface area contributed by atoms with Crippen LogP contribution in [0.25, 0.3) is 0 Å². The lowest BCUT2D eigenvalue weighted by Gasteiger charge is -2.27. The summed E-state index contributed by atoms with van der Waals surface area (Å²) in [5.74, 6) is 0. The lowest BCUT2D eigenvalue weighted by atomic mass is 10.1. The van der Waals surface area contributed by atoms with Gasteiger partial charge in [0.05, 0.1) is 0 Å². The average molecular weight is 374 g/mol. The Kier molecular flexibility index (Phi) is 13.0. The van der Waals surface area contributed by atoms with Crippen molar-refractivity contribution < 1.29 is 0 Å². The van der Waals surface area contributed by atoms with Gasteiger partial charge in [-0.1, -0.05) is 56.7 Å². The fraction of sp³-hybridized carbons (Fsp3) is 0.500. The summed E-state index contributed by atoms with van der Waals surface area (Å²) in [6, 6.07) is 0. The first kappa shape index (κ1) is 24.6. The molecule has 2 heteroatoms. The molecule has 0 aromatic carbocycles. The smallest absolute Gasteiger partial charge is 0.0409 e. The molecule has 0 saturated heterocycles. The minimum Gasteiger partial charge on any atom is -0.342 e. The Morgan fingerprint density at radius 1 is 1.08 bits per heavy atom. The molecule has 0 fully saturated rings. The van der Waals surface area contributed by atoms with E-state index in [0.717, 1.165) is 25.0 Å². The van der Waals surface area contributed by atoms with Crippen molar-refractivity contribution in [1.82, 2.24) is 4.90 Å². The van der Waals surface area contributed by atoms with Gasteiger partial charge in [0.1, 0.15) is 0 Å². The molecule has 0 bridgehead atoms. The lowest BCUT2D eigenvalue weighted by molar-refractivity contribution is 0.449. The van der Waals surface area contributed by atoms with Gasteiger partial charge in [-0.25, -0.2) is 0 Å². The van der Waals surface area contributed by atoms with Gasteiger partial charge in [0.25, 0.3) is 0 Å². The molecule has 0 atom stereocenters. The molecule has 0 spiro atoms. The quantitative estimate of drug-likeness (QED) is 0.337. The third kappa shape index (κ3) is 9.91. The van der Waals surface area contributed by atoms with Crippen LogP contribution in [0.1, 0.15) is 68.2 Å². The van der Waals surface area contributed by atoms with Crippen LogP contribution in [0.2, 0.25) is 0 Å². The van der Waals surface area contributed by atoms with Gasteiger partial charge in [-0.2, -0.15) is 0 Å². The van der Waals surface area contributed by atoms with E-state index in [0.29, 0.717) is 5.25 Å². The van der Waals surface area contributed by atoms with Crippen LogP contribution >= 0.6 is 11.8 Å². The summed E-state index contributed by atoms with van der Waals surface area (Å²) >= 11 is 1.97. The van der Waals surface area contributed by atoms with Gasteiger partial charge in [-0.3, -0.25) is 0 Å². The van der Waals surface area contributed by atoms with E-state index in [-0.39, 0.29) is 0 Å². The number of nitrogens with zero attached hydrogens (tertiary/aromatic N) is 1. The Bertz CT molecular complexity index is 581. The fourth-order valence-corrected chi connectivity index (χ4v) is 3.55. The number of rotatable bonds is 11. The zero-order valence-corrected chi connectivity index (χ0v) is 19.0. The van der Waals surface area contributed by atoms with Crippen molar-refractivity contribution in [2.75, 3.05) is 6.54 Å². The van der Waals surface area contributed by atoms with Crippen LogP contribution in [0.5, 0.6) is 0 Å². The highest BCUT2D eigenvalue weighted by Crippen LogP contribution is 2.28. The molecular weight excluding hydrogens is 334 g/mol. The Balaban J connectivity index is 5.67. The molecule has 0 amide bonds. The molecule has 0 unspecified atom stereocenters. The predicted octanol–water partition coefficient (Wildman–Crippen LogP) is 8.02. The molecule has 0 aliphatic carbocycles. The summed E-state index contributed by atoms with van der Waals surface area (Å²) in [5.41, 5.74) is 4.91. The van der Waals surface area contributed by atoms with E-state index in [1.165, 1.54) is 21.9 Å². The summed E-state index contributed by atoms with van der Waals surface area (Å²) in [7, 11) is 0. The predicted molar refractivity (Wildman–Crippen MR) is 123 cm³/mol. The largest absolute Gasteiger partial charge is 0.342 e. The van der Waals surface area contributed by atoms with Gasteiger partial charge < -0.3 is 4.90 Å². The molecule has 1 nitrogen and oxygen atoms in total. The van der Waals surface area contributed by atoms with Crippen molar-refractivity contribution in [3.8, 4) is 0 Å². The van der Waals surface area contributed by atoms with Crippen LogP contribution in [0.3, 0.4) is 0 Å². The van der Waals surface area contributed by atoms with E-state index in [9.17, 15) is 0 Å². The zero-order valence-electron chi connectivity index (χ0n) is 18.2. The highest BCUT2D eigenvalue weighted by atomic mass is 32.2. The number of hydrogen-bond acceptors (Lipinski definition) is 2. The summed E-state index contributed by atoms with van der Waals surface area (Å²) in [6.45, 7) is 22.4. The zero-order chi connectivity index (χ0) is 20.1. The Morgan fingerprint density at radius 2 is 1.73 bits per heavy atom.